The number of carbonyl (C=O) groups excluding carboxylic acids is 3. The number of carbonyl (C=O) groups is 3. The van der Waals surface area contributed by atoms with E-state index >= 15 is 0 Å². The number of imide groups is 1. The van der Waals surface area contributed by atoms with Crippen molar-refractivity contribution >= 4 is 23.2 Å². The molecule has 4 rings (SSSR count). The van der Waals surface area contributed by atoms with Crippen molar-refractivity contribution in [1.29, 1.82) is 0 Å². The molecule has 1 saturated heterocycles. The molecule has 1 heterocycles. The molecule has 4 heteroatoms. The maximum atomic E-state index is 12.5. The van der Waals surface area contributed by atoms with Crippen LogP contribution in [0.1, 0.15) is 30.4 Å². The number of rotatable bonds is 0. The highest BCUT2D eigenvalue weighted by Gasteiger charge is 2.57. The maximum absolute atomic E-state index is 12.5. The molecule has 0 aromatic heterocycles. The Morgan fingerprint density at radius 1 is 1.10 bits per heavy atom. The van der Waals surface area contributed by atoms with E-state index in [0.717, 1.165) is 22.3 Å². The van der Waals surface area contributed by atoms with Crippen LogP contribution in [0.25, 0.3) is 5.57 Å². The van der Waals surface area contributed by atoms with Crippen LogP contribution in [0.4, 0.5) is 0 Å². The van der Waals surface area contributed by atoms with Gasteiger partial charge in [-0.2, -0.15) is 0 Å². The average Bonchev–Trinajstić information content (AvgIpc) is 2.89. The molecule has 1 aromatic carbocycles. The molecular weight excluding hydrogens is 266 g/mol. The lowest BCUT2D eigenvalue weighted by Gasteiger charge is -2.30. The fourth-order valence-electron chi connectivity index (χ4n) is 4.20. The molecule has 1 aliphatic heterocycles. The molecule has 4 nitrogen and oxygen atoms in total. The normalized spacial score (nSPS) is 30.7. The lowest BCUT2D eigenvalue weighted by Crippen LogP contribution is -2.34. The Labute approximate surface area is 122 Å². The van der Waals surface area contributed by atoms with E-state index in [2.05, 4.69) is 0 Å². The van der Waals surface area contributed by atoms with Crippen molar-refractivity contribution in [3.8, 4) is 0 Å². The molecule has 1 aromatic rings. The number of hydrogen-bond donors (Lipinski definition) is 0. The van der Waals surface area contributed by atoms with E-state index in [1.807, 2.05) is 31.2 Å². The summed E-state index contributed by atoms with van der Waals surface area (Å²) in [7, 11) is 1.52. The molecule has 0 N–H and O–H groups in total. The van der Waals surface area contributed by atoms with Gasteiger partial charge in [-0.3, -0.25) is 19.3 Å². The van der Waals surface area contributed by atoms with Gasteiger partial charge in [-0.05, 0) is 23.6 Å². The Kier molecular flexibility index (Phi) is 2.33. The van der Waals surface area contributed by atoms with Gasteiger partial charge in [0, 0.05) is 25.0 Å². The fourth-order valence-corrected chi connectivity index (χ4v) is 4.20. The van der Waals surface area contributed by atoms with Gasteiger partial charge in [-0.15, -0.1) is 0 Å². The number of ketones is 1. The number of amides is 2. The molecule has 21 heavy (non-hydrogen) atoms. The monoisotopic (exact) mass is 281 g/mol. The number of allylic oxidation sites excluding steroid dienone is 2. The molecule has 2 amide bonds. The Hall–Kier alpha value is -2.23. The molecule has 1 saturated carbocycles. The van der Waals surface area contributed by atoms with Crippen molar-refractivity contribution < 1.29 is 14.4 Å². The molecule has 3 aliphatic rings. The number of nitrogens with zero attached hydrogens (tertiary/aromatic N) is 1. The van der Waals surface area contributed by atoms with E-state index in [4.69, 9.17) is 0 Å². The summed E-state index contributed by atoms with van der Waals surface area (Å²) in [5, 5.41) is 0. The van der Waals surface area contributed by atoms with E-state index in [1.165, 1.54) is 11.9 Å². The van der Waals surface area contributed by atoms with Crippen LogP contribution >= 0.6 is 0 Å². The number of fused-ring (bicyclic) bond motifs is 5. The highest BCUT2D eigenvalue weighted by Crippen LogP contribution is 2.54. The standard InChI is InChI=1S/C17H15NO3/c1-8-9-5-3-4-6-10(9)14-13(8)12(19)7-11-15(14)17(21)18(2)16(11)20/h3-6,11,14-15H,7H2,1-2H3/t11-,14+,15-/m1/s1. The van der Waals surface area contributed by atoms with Crippen molar-refractivity contribution in [2.24, 2.45) is 11.8 Å². The first kappa shape index (κ1) is 12.5. The van der Waals surface area contributed by atoms with Gasteiger partial charge >= 0.3 is 0 Å². The van der Waals surface area contributed by atoms with Crippen LogP contribution in [0.5, 0.6) is 0 Å². The molecule has 0 unspecified atom stereocenters. The van der Waals surface area contributed by atoms with E-state index < -0.39 is 11.8 Å². The maximum Gasteiger partial charge on any atom is 0.233 e. The van der Waals surface area contributed by atoms with Crippen LogP contribution in [0.2, 0.25) is 0 Å². The van der Waals surface area contributed by atoms with Crippen molar-refractivity contribution in [2.75, 3.05) is 7.05 Å². The van der Waals surface area contributed by atoms with Crippen molar-refractivity contribution in [2.45, 2.75) is 19.3 Å². The zero-order valence-corrected chi connectivity index (χ0v) is 11.9. The van der Waals surface area contributed by atoms with E-state index in [-0.39, 0.29) is 29.9 Å². The second kappa shape index (κ2) is 3.91. The average molecular weight is 281 g/mol. The third kappa shape index (κ3) is 1.37. The van der Waals surface area contributed by atoms with Crippen LogP contribution in [0.3, 0.4) is 0 Å². The van der Waals surface area contributed by atoms with Crippen LogP contribution in [0, 0.1) is 11.8 Å². The molecule has 106 valence electrons. The van der Waals surface area contributed by atoms with Gasteiger partial charge in [0.1, 0.15) is 0 Å². The Morgan fingerprint density at radius 2 is 1.81 bits per heavy atom. The van der Waals surface area contributed by atoms with Crippen LogP contribution in [0.15, 0.2) is 29.8 Å². The predicted octanol–water partition coefficient (Wildman–Crippen LogP) is 1.76. The molecule has 0 spiro atoms. The van der Waals surface area contributed by atoms with Crippen molar-refractivity contribution in [1.82, 2.24) is 4.90 Å². The SMILES string of the molecule is CC1=C2C(=O)C[C@H]3C(=O)N(C)C(=O)[C@H]3[C@H]2c2ccccc21. The van der Waals surface area contributed by atoms with Gasteiger partial charge in [0.2, 0.25) is 11.8 Å². The number of likely N-dealkylation sites (tertiary alicyclic amines) is 1. The number of Topliss-reactive ketones (excluding diaryl/α,β-unsaturated/α-hetero) is 1. The third-order valence-electron chi connectivity index (χ3n) is 5.18. The van der Waals surface area contributed by atoms with Crippen LogP contribution < -0.4 is 0 Å². The minimum atomic E-state index is -0.484. The number of hydrogen-bond acceptors (Lipinski definition) is 3. The van der Waals surface area contributed by atoms with Gasteiger partial charge in [-0.1, -0.05) is 24.3 Å². The lowest BCUT2D eigenvalue weighted by molar-refractivity contribution is -0.138. The summed E-state index contributed by atoms with van der Waals surface area (Å²) < 4.78 is 0. The Bertz CT molecular complexity index is 746. The Balaban J connectivity index is 1.95. The highest BCUT2D eigenvalue weighted by atomic mass is 16.2. The quantitative estimate of drug-likeness (QED) is 0.681. The molecule has 0 bridgehead atoms. The van der Waals surface area contributed by atoms with Crippen molar-refractivity contribution in [3.63, 3.8) is 0 Å². The van der Waals surface area contributed by atoms with E-state index in [1.54, 1.807) is 0 Å². The summed E-state index contributed by atoms with van der Waals surface area (Å²) in [5.41, 5.74) is 3.77. The van der Waals surface area contributed by atoms with Gasteiger partial charge in [-0.25, -0.2) is 0 Å². The van der Waals surface area contributed by atoms with E-state index in [0.29, 0.717) is 0 Å². The van der Waals surface area contributed by atoms with Gasteiger partial charge < -0.3 is 0 Å². The second-order valence-corrected chi connectivity index (χ2v) is 6.10. The molecule has 2 aliphatic carbocycles. The number of benzene rings is 1. The van der Waals surface area contributed by atoms with Gasteiger partial charge in [0.15, 0.2) is 5.78 Å². The minimum absolute atomic E-state index is 0.0198. The summed E-state index contributed by atoms with van der Waals surface area (Å²) in [4.78, 5) is 38.4. The third-order valence-corrected chi connectivity index (χ3v) is 5.18. The van der Waals surface area contributed by atoms with Crippen LogP contribution in [-0.2, 0) is 14.4 Å². The van der Waals surface area contributed by atoms with Crippen molar-refractivity contribution in [3.05, 3.63) is 41.0 Å². The summed E-state index contributed by atoms with van der Waals surface area (Å²) in [6, 6.07) is 7.83. The van der Waals surface area contributed by atoms with E-state index in [9.17, 15) is 14.4 Å². The largest absolute Gasteiger partial charge is 0.294 e. The first-order valence-corrected chi connectivity index (χ1v) is 7.17. The Morgan fingerprint density at radius 3 is 2.57 bits per heavy atom. The molecule has 2 fully saturated rings. The first-order valence-electron chi connectivity index (χ1n) is 7.17. The predicted molar refractivity (Wildman–Crippen MR) is 76.2 cm³/mol. The minimum Gasteiger partial charge on any atom is -0.294 e. The molecule has 0 radical (unpaired) electrons. The summed E-state index contributed by atoms with van der Waals surface area (Å²) in [5.74, 6) is -1.47. The zero-order chi connectivity index (χ0) is 14.9. The molecular formula is C17H15NO3. The zero-order valence-electron chi connectivity index (χ0n) is 11.9. The van der Waals surface area contributed by atoms with Gasteiger partial charge in [0.25, 0.3) is 0 Å². The molecule has 3 atom stereocenters. The highest BCUT2D eigenvalue weighted by molar-refractivity contribution is 6.15. The fraction of sp³-hybridized carbons (Fsp3) is 0.353. The van der Waals surface area contributed by atoms with Gasteiger partial charge in [0.05, 0.1) is 11.8 Å². The topological polar surface area (TPSA) is 54.5 Å². The summed E-state index contributed by atoms with van der Waals surface area (Å²) >= 11 is 0. The second-order valence-electron chi connectivity index (χ2n) is 6.10. The smallest absolute Gasteiger partial charge is 0.233 e. The summed E-state index contributed by atoms with van der Waals surface area (Å²) in [6.45, 7) is 1.94. The first-order chi connectivity index (χ1) is 10.0. The summed E-state index contributed by atoms with van der Waals surface area (Å²) in [6.07, 6.45) is 0.163. The lowest BCUT2D eigenvalue weighted by atomic mass is 9.69. The van der Waals surface area contributed by atoms with Crippen LogP contribution in [-0.4, -0.2) is 29.5 Å².